The van der Waals surface area contributed by atoms with E-state index in [0.29, 0.717) is 34.3 Å². The van der Waals surface area contributed by atoms with Gasteiger partial charge in [0.15, 0.2) is 21.7 Å². The molecule has 0 aliphatic carbocycles. The molecule has 0 bridgehead atoms. The Morgan fingerprint density at radius 3 is 2.68 bits per heavy atom. The number of nitrogens with zero attached hydrogens (tertiary/aromatic N) is 4. The highest BCUT2D eigenvalue weighted by Crippen LogP contribution is 2.33. The predicted octanol–water partition coefficient (Wildman–Crippen LogP) is 3.76. The van der Waals surface area contributed by atoms with Crippen molar-refractivity contribution in [2.45, 2.75) is 18.2 Å². The summed E-state index contributed by atoms with van der Waals surface area (Å²) in [6.45, 7) is 1.85. The van der Waals surface area contributed by atoms with Gasteiger partial charge < -0.3 is 5.32 Å². The Morgan fingerprint density at radius 1 is 1.03 bits per heavy atom. The molecule has 4 heterocycles. The summed E-state index contributed by atoms with van der Waals surface area (Å²) in [5.41, 5.74) is 6.70. The second-order valence-electron chi connectivity index (χ2n) is 8.87. The standard InChI is InChI=1S/C26H22N8O2S/c1-15-31-23(24-26(32-15)29-14-28-24)19-11-17(10-16-6-8-18(9-7-16)37(2,35)36)12-27-25(19)33-21-4-3-5-22-20(21)13-30-34-22/h3-9,11-14H,10H2,1-2H3,(H,27,33)(H,30,34)(H,28,29,31,32)/p+1. The van der Waals surface area contributed by atoms with Gasteiger partial charge in [-0.05, 0) is 47.9 Å². The fourth-order valence-electron chi connectivity index (χ4n) is 4.36. The molecule has 4 aromatic heterocycles. The SMILES string of the molecule is Cc1nc(-c2cc(Cc3ccc(S(C)(=O)=O)cc3)cnc2Nc2cccc3[nH]ncc23)c2[nH]c[nH+]c2n1. The summed E-state index contributed by atoms with van der Waals surface area (Å²) >= 11 is 0. The van der Waals surface area contributed by atoms with Gasteiger partial charge in [-0.25, -0.2) is 23.4 Å². The minimum atomic E-state index is -3.25. The maximum Gasteiger partial charge on any atom is 0.303 e. The number of pyridine rings is 1. The van der Waals surface area contributed by atoms with E-state index in [1.54, 1.807) is 24.7 Å². The molecule has 0 fully saturated rings. The summed E-state index contributed by atoms with van der Waals surface area (Å²) in [5, 5.41) is 11.6. The van der Waals surface area contributed by atoms with Crippen molar-refractivity contribution in [1.29, 1.82) is 0 Å². The summed E-state index contributed by atoms with van der Waals surface area (Å²) in [4.78, 5) is 20.7. The molecule has 0 saturated carbocycles. The number of aromatic amines is 3. The monoisotopic (exact) mass is 511 g/mol. The van der Waals surface area contributed by atoms with Gasteiger partial charge in [-0.1, -0.05) is 23.2 Å². The van der Waals surface area contributed by atoms with E-state index in [4.69, 9.17) is 9.97 Å². The second kappa shape index (κ2) is 8.79. The van der Waals surface area contributed by atoms with Crippen molar-refractivity contribution in [3.63, 3.8) is 0 Å². The Labute approximate surface area is 212 Å². The van der Waals surface area contributed by atoms with Crippen molar-refractivity contribution in [2.24, 2.45) is 0 Å². The smallest absolute Gasteiger partial charge is 0.303 e. The highest BCUT2D eigenvalue weighted by Gasteiger charge is 2.20. The van der Waals surface area contributed by atoms with Crippen molar-refractivity contribution in [3.05, 3.63) is 84.2 Å². The number of imidazole rings is 1. The van der Waals surface area contributed by atoms with E-state index < -0.39 is 9.84 Å². The van der Waals surface area contributed by atoms with E-state index >= 15 is 0 Å². The highest BCUT2D eigenvalue weighted by atomic mass is 32.2. The number of hydrogen-bond acceptors (Lipinski definition) is 7. The van der Waals surface area contributed by atoms with Crippen molar-refractivity contribution in [2.75, 3.05) is 11.6 Å². The van der Waals surface area contributed by atoms with Gasteiger partial charge in [0.1, 0.15) is 11.5 Å². The number of anilines is 2. The molecule has 2 aromatic carbocycles. The average Bonchev–Trinajstić information content (AvgIpc) is 3.54. The van der Waals surface area contributed by atoms with Gasteiger partial charge in [-0.15, -0.1) is 0 Å². The van der Waals surface area contributed by atoms with Crippen LogP contribution in [-0.4, -0.2) is 44.8 Å². The number of hydrogen-bond donors (Lipinski definition) is 3. The minimum Gasteiger partial charge on any atom is -0.339 e. The third-order valence-corrected chi connectivity index (χ3v) is 7.27. The van der Waals surface area contributed by atoms with E-state index in [9.17, 15) is 8.42 Å². The summed E-state index contributed by atoms with van der Waals surface area (Å²) in [5.74, 6) is 1.27. The zero-order valence-electron chi connectivity index (χ0n) is 20.1. The Balaban J connectivity index is 1.45. The van der Waals surface area contributed by atoms with Crippen LogP contribution in [0.15, 0.2) is 72.1 Å². The van der Waals surface area contributed by atoms with Gasteiger partial charge in [-0.2, -0.15) is 5.10 Å². The molecule has 0 spiro atoms. The first-order valence-electron chi connectivity index (χ1n) is 11.6. The van der Waals surface area contributed by atoms with Crippen molar-refractivity contribution in [3.8, 4) is 11.3 Å². The van der Waals surface area contributed by atoms with Crippen LogP contribution in [0.1, 0.15) is 17.0 Å². The molecule has 0 saturated heterocycles. The van der Waals surface area contributed by atoms with Gasteiger partial charge in [0.25, 0.3) is 0 Å². The lowest BCUT2D eigenvalue weighted by Crippen LogP contribution is -2.04. The molecule has 0 unspecified atom stereocenters. The molecule has 184 valence electrons. The first-order chi connectivity index (χ1) is 17.8. The van der Waals surface area contributed by atoms with Crippen LogP contribution in [0.4, 0.5) is 11.5 Å². The summed E-state index contributed by atoms with van der Waals surface area (Å²) in [6, 6.07) is 14.9. The maximum atomic E-state index is 11.8. The normalized spacial score (nSPS) is 11.8. The average molecular weight is 512 g/mol. The van der Waals surface area contributed by atoms with Crippen LogP contribution in [-0.2, 0) is 16.3 Å². The summed E-state index contributed by atoms with van der Waals surface area (Å²) in [6.07, 6.45) is 7.10. The molecule has 4 N–H and O–H groups in total. The van der Waals surface area contributed by atoms with E-state index in [1.807, 2.05) is 43.5 Å². The molecule has 0 aliphatic heterocycles. The van der Waals surface area contributed by atoms with Crippen LogP contribution < -0.4 is 10.3 Å². The van der Waals surface area contributed by atoms with E-state index in [1.165, 1.54) is 6.26 Å². The molecular formula is C26H23N8O2S+. The Morgan fingerprint density at radius 2 is 1.86 bits per heavy atom. The second-order valence-corrected chi connectivity index (χ2v) is 10.9. The number of sulfone groups is 1. The zero-order valence-corrected chi connectivity index (χ0v) is 20.9. The van der Waals surface area contributed by atoms with Crippen LogP contribution in [0.25, 0.3) is 33.3 Å². The molecule has 6 aromatic rings. The van der Waals surface area contributed by atoms with Crippen molar-refractivity contribution >= 4 is 43.4 Å². The molecular weight excluding hydrogens is 488 g/mol. The van der Waals surface area contributed by atoms with Crippen LogP contribution in [0.2, 0.25) is 0 Å². The number of nitrogens with one attached hydrogen (secondary N) is 4. The van der Waals surface area contributed by atoms with E-state index in [2.05, 4.69) is 36.5 Å². The minimum absolute atomic E-state index is 0.296. The Kier molecular flexibility index (Phi) is 5.41. The molecule has 6 rings (SSSR count). The third-order valence-electron chi connectivity index (χ3n) is 6.14. The molecule has 0 radical (unpaired) electrons. The third kappa shape index (κ3) is 4.40. The molecule has 11 heteroatoms. The maximum absolute atomic E-state index is 11.8. The summed E-state index contributed by atoms with van der Waals surface area (Å²) < 4.78 is 23.7. The predicted molar refractivity (Wildman–Crippen MR) is 140 cm³/mol. The molecule has 0 amide bonds. The Hall–Kier alpha value is -4.64. The largest absolute Gasteiger partial charge is 0.339 e. The molecule has 0 aliphatic rings. The number of aromatic nitrogens is 7. The van der Waals surface area contributed by atoms with Crippen LogP contribution >= 0.6 is 0 Å². The van der Waals surface area contributed by atoms with E-state index in [0.717, 1.165) is 38.8 Å². The number of H-pyrrole nitrogens is 3. The topological polar surface area (TPSA) is 143 Å². The van der Waals surface area contributed by atoms with Gasteiger partial charge in [0, 0.05) is 30.3 Å². The van der Waals surface area contributed by atoms with Crippen LogP contribution in [0.3, 0.4) is 0 Å². The van der Waals surface area contributed by atoms with Gasteiger partial charge in [0.05, 0.1) is 22.3 Å². The number of fused-ring (bicyclic) bond motifs is 2. The van der Waals surface area contributed by atoms with Crippen LogP contribution in [0.5, 0.6) is 0 Å². The lowest BCUT2D eigenvalue weighted by Gasteiger charge is -2.13. The molecule has 37 heavy (non-hydrogen) atoms. The molecule has 10 nitrogen and oxygen atoms in total. The van der Waals surface area contributed by atoms with Gasteiger partial charge >= 0.3 is 5.65 Å². The van der Waals surface area contributed by atoms with Crippen molar-refractivity contribution in [1.82, 2.24) is 30.1 Å². The lowest BCUT2D eigenvalue weighted by molar-refractivity contribution is -0.347. The quantitative estimate of drug-likeness (QED) is 0.309. The number of rotatable bonds is 6. The fraction of sp³-hybridized carbons (Fsp3) is 0.115. The van der Waals surface area contributed by atoms with Gasteiger partial charge in [0.2, 0.25) is 5.82 Å². The van der Waals surface area contributed by atoms with E-state index in [-0.39, 0.29) is 0 Å². The summed E-state index contributed by atoms with van der Waals surface area (Å²) in [7, 11) is -3.25. The van der Waals surface area contributed by atoms with Gasteiger partial charge in [-0.3, -0.25) is 10.1 Å². The number of aryl methyl sites for hydroxylation is 1. The first-order valence-corrected chi connectivity index (χ1v) is 13.4. The fourth-order valence-corrected chi connectivity index (χ4v) is 5.00. The Bertz CT molecular complexity index is 1870. The molecule has 0 atom stereocenters. The number of benzene rings is 2. The zero-order chi connectivity index (χ0) is 25.6. The van der Waals surface area contributed by atoms with Crippen LogP contribution in [0, 0.1) is 6.92 Å². The highest BCUT2D eigenvalue weighted by molar-refractivity contribution is 7.90. The van der Waals surface area contributed by atoms with Crippen molar-refractivity contribution < 1.29 is 13.4 Å². The first kappa shape index (κ1) is 22.8. The lowest BCUT2D eigenvalue weighted by atomic mass is 10.0.